The number of methoxy groups -OCH3 is 1. The number of anilines is 1. The van der Waals surface area contributed by atoms with Crippen LogP contribution in [0.25, 0.3) is 0 Å². The largest absolute Gasteiger partial charge is 0.495 e. The first kappa shape index (κ1) is 13.3. The van der Waals surface area contributed by atoms with Crippen molar-refractivity contribution >= 4 is 21.6 Å². The third kappa shape index (κ3) is 2.36. The molecule has 0 saturated heterocycles. The summed E-state index contributed by atoms with van der Waals surface area (Å²) in [6.07, 6.45) is 1.06. The predicted molar refractivity (Wildman–Crippen MR) is 84.1 cm³/mol. The summed E-state index contributed by atoms with van der Waals surface area (Å²) >= 11 is 3.44. The van der Waals surface area contributed by atoms with Crippen LogP contribution in [-0.4, -0.2) is 13.7 Å². The number of fused-ring (bicyclic) bond motifs is 1. The molecular weight excluding hydrogens is 318 g/mol. The van der Waals surface area contributed by atoms with Crippen LogP contribution in [0.4, 0.5) is 5.69 Å². The zero-order chi connectivity index (χ0) is 14.1. The third-order valence-corrected chi connectivity index (χ3v) is 4.24. The number of nitrogens with one attached hydrogen (secondary N) is 1. The smallest absolute Gasteiger partial charge is 0.136 e. The minimum absolute atomic E-state index is 0.767. The summed E-state index contributed by atoms with van der Waals surface area (Å²) in [6.45, 7) is 3.11. The van der Waals surface area contributed by atoms with Crippen LogP contribution in [0.5, 0.6) is 17.2 Å². The number of halogens is 1. The van der Waals surface area contributed by atoms with Gasteiger partial charge in [-0.1, -0.05) is 0 Å². The van der Waals surface area contributed by atoms with Gasteiger partial charge in [-0.3, -0.25) is 0 Å². The van der Waals surface area contributed by atoms with Crippen molar-refractivity contribution in [1.29, 1.82) is 0 Å². The lowest BCUT2D eigenvalue weighted by Gasteiger charge is -2.13. The average molecular weight is 334 g/mol. The first-order valence-corrected chi connectivity index (χ1v) is 7.36. The van der Waals surface area contributed by atoms with Crippen LogP contribution < -0.4 is 14.8 Å². The van der Waals surface area contributed by atoms with Crippen molar-refractivity contribution in [3.63, 3.8) is 0 Å². The molecule has 0 saturated carbocycles. The first-order chi connectivity index (χ1) is 9.69. The molecule has 0 radical (unpaired) electrons. The molecule has 4 heteroatoms. The Morgan fingerprint density at radius 1 is 1.15 bits per heavy atom. The average Bonchev–Trinajstić information content (AvgIpc) is 2.93. The lowest BCUT2D eigenvalue weighted by molar-refractivity contribution is 0.406. The van der Waals surface area contributed by atoms with Crippen LogP contribution in [-0.2, 0) is 6.42 Å². The molecule has 0 spiro atoms. The van der Waals surface area contributed by atoms with Crippen molar-refractivity contribution in [1.82, 2.24) is 0 Å². The second kappa shape index (κ2) is 5.37. The van der Waals surface area contributed by atoms with Gasteiger partial charge in [0, 0.05) is 18.3 Å². The zero-order valence-corrected chi connectivity index (χ0v) is 13.1. The maximum atomic E-state index is 6.00. The van der Waals surface area contributed by atoms with Crippen LogP contribution in [0.3, 0.4) is 0 Å². The summed E-state index contributed by atoms with van der Waals surface area (Å²) in [5.41, 5.74) is 3.78. The molecule has 0 bridgehead atoms. The second-order valence-electron chi connectivity index (χ2n) is 4.79. The monoisotopic (exact) mass is 333 g/mol. The van der Waals surface area contributed by atoms with Crippen LogP contribution in [0, 0.1) is 6.92 Å². The maximum absolute atomic E-state index is 6.00. The van der Waals surface area contributed by atoms with Crippen molar-refractivity contribution in [2.75, 3.05) is 19.0 Å². The molecule has 2 aromatic rings. The molecule has 20 heavy (non-hydrogen) atoms. The minimum atomic E-state index is 0.767. The van der Waals surface area contributed by atoms with Crippen LogP contribution >= 0.6 is 15.9 Å². The SMILES string of the molecule is COc1cc(Oc2ccc3c(c2C)CCN3)ccc1Br. The lowest BCUT2D eigenvalue weighted by Crippen LogP contribution is -1.93. The van der Waals surface area contributed by atoms with Crippen molar-refractivity contribution in [2.24, 2.45) is 0 Å². The van der Waals surface area contributed by atoms with Crippen LogP contribution in [0.2, 0.25) is 0 Å². The van der Waals surface area contributed by atoms with Gasteiger partial charge in [-0.05, 0) is 64.7 Å². The molecule has 0 fully saturated rings. The number of hydrogen-bond acceptors (Lipinski definition) is 3. The van der Waals surface area contributed by atoms with Gasteiger partial charge in [-0.2, -0.15) is 0 Å². The molecule has 3 nitrogen and oxygen atoms in total. The normalized spacial score (nSPS) is 12.8. The fraction of sp³-hybridized carbons (Fsp3) is 0.250. The van der Waals surface area contributed by atoms with Gasteiger partial charge in [0.1, 0.15) is 17.2 Å². The highest BCUT2D eigenvalue weighted by Crippen LogP contribution is 2.36. The standard InChI is InChI=1S/C16H16BrNO2/c1-10-12-7-8-18-14(12)5-6-15(10)20-11-3-4-13(17)16(9-11)19-2/h3-6,9,18H,7-8H2,1-2H3. The van der Waals surface area contributed by atoms with Gasteiger partial charge in [0.15, 0.2) is 0 Å². The van der Waals surface area contributed by atoms with E-state index >= 15 is 0 Å². The topological polar surface area (TPSA) is 30.5 Å². The Labute approximate surface area is 127 Å². The van der Waals surface area contributed by atoms with Gasteiger partial charge in [0.2, 0.25) is 0 Å². The Bertz CT molecular complexity index is 655. The molecule has 2 aromatic carbocycles. The van der Waals surface area contributed by atoms with Gasteiger partial charge in [0.25, 0.3) is 0 Å². The highest BCUT2D eigenvalue weighted by atomic mass is 79.9. The van der Waals surface area contributed by atoms with E-state index in [4.69, 9.17) is 9.47 Å². The van der Waals surface area contributed by atoms with E-state index < -0.39 is 0 Å². The molecule has 0 aliphatic carbocycles. The predicted octanol–water partition coefficient (Wildman–Crippen LogP) is 4.53. The summed E-state index contributed by atoms with van der Waals surface area (Å²) in [7, 11) is 1.65. The quantitative estimate of drug-likeness (QED) is 0.895. The number of hydrogen-bond donors (Lipinski definition) is 1. The van der Waals surface area contributed by atoms with E-state index in [0.29, 0.717) is 0 Å². The molecular formula is C16H16BrNO2. The van der Waals surface area contributed by atoms with Crippen molar-refractivity contribution in [2.45, 2.75) is 13.3 Å². The molecule has 1 heterocycles. The molecule has 1 aliphatic rings. The van der Waals surface area contributed by atoms with Gasteiger partial charge >= 0.3 is 0 Å². The minimum Gasteiger partial charge on any atom is -0.495 e. The number of ether oxygens (including phenoxy) is 2. The second-order valence-corrected chi connectivity index (χ2v) is 5.64. The van der Waals surface area contributed by atoms with Crippen LogP contribution in [0.1, 0.15) is 11.1 Å². The lowest BCUT2D eigenvalue weighted by atomic mass is 10.1. The van der Waals surface area contributed by atoms with Crippen molar-refractivity contribution in [3.8, 4) is 17.2 Å². The van der Waals surface area contributed by atoms with Gasteiger partial charge in [-0.25, -0.2) is 0 Å². The van der Waals surface area contributed by atoms with E-state index in [1.807, 2.05) is 24.3 Å². The van der Waals surface area contributed by atoms with E-state index in [1.54, 1.807) is 7.11 Å². The fourth-order valence-corrected chi connectivity index (χ4v) is 2.89. The summed E-state index contributed by atoms with van der Waals surface area (Å²) in [5, 5.41) is 3.38. The molecule has 3 rings (SSSR count). The Balaban J connectivity index is 1.92. The fourth-order valence-electron chi connectivity index (χ4n) is 2.49. The maximum Gasteiger partial charge on any atom is 0.136 e. The van der Waals surface area contributed by atoms with Crippen LogP contribution in [0.15, 0.2) is 34.8 Å². The first-order valence-electron chi connectivity index (χ1n) is 6.57. The Morgan fingerprint density at radius 3 is 2.80 bits per heavy atom. The molecule has 0 amide bonds. The van der Waals surface area contributed by atoms with E-state index in [1.165, 1.54) is 16.8 Å². The summed E-state index contributed by atoms with van der Waals surface area (Å²) in [4.78, 5) is 0. The molecule has 104 valence electrons. The third-order valence-electron chi connectivity index (χ3n) is 3.59. The number of rotatable bonds is 3. The van der Waals surface area contributed by atoms with E-state index in [2.05, 4.69) is 34.2 Å². The van der Waals surface area contributed by atoms with Gasteiger partial charge < -0.3 is 14.8 Å². The van der Waals surface area contributed by atoms with Crippen molar-refractivity contribution in [3.05, 3.63) is 45.9 Å². The highest BCUT2D eigenvalue weighted by Gasteiger charge is 2.16. The van der Waals surface area contributed by atoms with Gasteiger partial charge in [-0.15, -0.1) is 0 Å². The molecule has 0 unspecified atom stereocenters. The molecule has 0 atom stereocenters. The van der Waals surface area contributed by atoms with Crippen molar-refractivity contribution < 1.29 is 9.47 Å². The summed E-state index contributed by atoms with van der Waals surface area (Å²) < 4.78 is 12.2. The summed E-state index contributed by atoms with van der Waals surface area (Å²) in [6, 6.07) is 9.84. The van der Waals surface area contributed by atoms with E-state index in [9.17, 15) is 0 Å². The highest BCUT2D eigenvalue weighted by molar-refractivity contribution is 9.10. The number of benzene rings is 2. The molecule has 1 aliphatic heterocycles. The molecule has 0 aromatic heterocycles. The van der Waals surface area contributed by atoms with E-state index in [-0.39, 0.29) is 0 Å². The zero-order valence-electron chi connectivity index (χ0n) is 11.5. The Kier molecular flexibility index (Phi) is 3.57. The Hall–Kier alpha value is -1.68. The Morgan fingerprint density at radius 2 is 2.00 bits per heavy atom. The molecule has 1 N–H and O–H groups in total. The van der Waals surface area contributed by atoms with E-state index in [0.717, 1.165) is 34.7 Å². The summed E-state index contributed by atoms with van der Waals surface area (Å²) in [5.74, 6) is 2.44. The van der Waals surface area contributed by atoms with Gasteiger partial charge in [0.05, 0.1) is 11.6 Å².